The summed E-state index contributed by atoms with van der Waals surface area (Å²) in [6, 6.07) is 6.92. The highest BCUT2D eigenvalue weighted by Gasteiger charge is 2.23. The number of hydrogen-bond donors (Lipinski definition) is 1. The molecule has 1 N–H and O–H groups in total. The maximum Gasteiger partial charge on any atom is 0.253 e. The molecule has 26 heavy (non-hydrogen) atoms. The third-order valence-electron chi connectivity index (χ3n) is 4.39. The van der Waals surface area contributed by atoms with Crippen LogP contribution in [0.2, 0.25) is 5.02 Å². The van der Waals surface area contributed by atoms with Crippen molar-refractivity contribution in [3.05, 3.63) is 45.4 Å². The maximum absolute atomic E-state index is 12.5. The molecule has 2 amide bonds. The van der Waals surface area contributed by atoms with E-state index in [2.05, 4.69) is 10.3 Å². The number of nitrogens with one attached hydrogen (secondary N) is 1. The zero-order valence-electron chi connectivity index (χ0n) is 14.8. The first-order chi connectivity index (χ1) is 12.4. The summed E-state index contributed by atoms with van der Waals surface area (Å²) in [5.41, 5.74) is 1.58. The molecule has 138 valence electrons. The number of amides is 2. The predicted molar refractivity (Wildman–Crippen MR) is 104 cm³/mol. The molecule has 3 rings (SSSR count). The van der Waals surface area contributed by atoms with Gasteiger partial charge in [-0.05, 0) is 38.1 Å². The van der Waals surface area contributed by atoms with E-state index >= 15 is 0 Å². The molecule has 2 aromatic rings. The highest BCUT2D eigenvalue weighted by atomic mass is 35.5. The van der Waals surface area contributed by atoms with Crippen LogP contribution in [0.5, 0.6) is 0 Å². The molecule has 0 saturated carbocycles. The number of carbonyl (C=O) groups excluding carboxylic acids is 2. The molecule has 8 heteroatoms. The first-order valence-corrected chi connectivity index (χ1v) is 9.63. The van der Waals surface area contributed by atoms with Crippen molar-refractivity contribution in [1.82, 2.24) is 14.8 Å². The van der Waals surface area contributed by atoms with E-state index in [0.717, 1.165) is 10.6 Å². The number of nitrogens with zero attached hydrogens (tertiary/aromatic N) is 3. The minimum atomic E-state index is -0.0729. The van der Waals surface area contributed by atoms with Gasteiger partial charge in [-0.25, -0.2) is 4.98 Å². The summed E-state index contributed by atoms with van der Waals surface area (Å²) < 4.78 is 0. The third-order valence-corrected chi connectivity index (χ3v) is 5.63. The molecule has 0 spiro atoms. The minimum Gasteiger partial charge on any atom is -0.336 e. The number of carbonyl (C=O) groups is 2. The van der Waals surface area contributed by atoms with Crippen molar-refractivity contribution in [2.24, 2.45) is 0 Å². The Morgan fingerprint density at radius 2 is 1.81 bits per heavy atom. The SMILES string of the molecule is Cc1nc(NC(=O)CN2CCN(C(=O)c3ccc(Cl)cc3)CC2)sc1C. The Hall–Kier alpha value is -1.96. The molecule has 1 fully saturated rings. The van der Waals surface area contributed by atoms with Crippen LogP contribution in [-0.4, -0.2) is 59.3 Å². The Morgan fingerprint density at radius 1 is 1.15 bits per heavy atom. The number of aromatic nitrogens is 1. The van der Waals surface area contributed by atoms with E-state index in [1.54, 1.807) is 24.3 Å². The second-order valence-electron chi connectivity index (χ2n) is 6.28. The fourth-order valence-electron chi connectivity index (χ4n) is 2.77. The first-order valence-electron chi connectivity index (χ1n) is 8.43. The smallest absolute Gasteiger partial charge is 0.253 e. The Morgan fingerprint density at radius 3 is 2.38 bits per heavy atom. The molecule has 6 nitrogen and oxygen atoms in total. The van der Waals surface area contributed by atoms with E-state index in [4.69, 9.17) is 11.6 Å². The Balaban J connectivity index is 1.48. The van der Waals surface area contributed by atoms with Crippen molar-refractivity contribution in [3.63, 3.8) is 0 Å². The van der Waals surface area contributed by atoms with Crippen molar-refractivity contribution >= 4 is 39.9 Å². The van der Waals surface area contributed by atoms with Gasteiger partial charge in [0.25, 0.3) is 5.91 Å². The van der Waals surface area contributed by atoms with Crippen molar-refractivity contribution < 1.29 is 9.59 Å². The van der Waals surface area contributed by atoms with E-state index < -0.39 is 0 Å². The van der Waals surface area contributed by atoms with Crippen molar-refractivity contribution in [2.45, 2.75) is 13.8 Å². The molecule has 1 aromatic carbocycles. The number of rotatable bonds is 4. The number of piperazine rings is 1. The van der Waals surface area contributed by atoms with Crippen LogP contribution in [0.25, 0.3) is 0 Å². The van der Waals surface area contributed by atoms with Crippen LogP contribution in [0.4, 0.5) is 5.13 Å². The van der Waals surface area contributed by atoms with Gasteiger partial charge in [0, 0.05) is 41.6 Å². The normalized spacial score (nSPS) is 15.1. The number of halogens is 1. The zero-order chi connectivity index (χ0) is 18.7. The van der Waals surface area contributed by atoms with Gasteiger partial charge in [-0.15, -0.1) is 11.3 Å². The molecule has 0 aliphatic carbocycles. The van der Waals surface area contributed by atoms with Crippen molar-refractivity contribution in [1.29, 1.82) is 0 Å². The molecule has 1 saturated heterocycles. The van der Waals surface area contributed by atoms with Gasteiger partial charge in [-0.2, -0.15) is 0 Å². The average Bonchev–Trinajstić information content (AvgIpc) is 2.93. The van der Waals surface area contributed by atoms with Crippen LogP contribution in [0.3, 0.4) is 0 Å². The van der Waals surface area contributed by atoms with E-state index in [1.807, 2.05) is 23.6 Å². The second-order valence-corrected chi connectivity index (χ2v) is 7.92. The van der Waals surface area contributed by atoms with Crippen molar-refractivity contribution in [3.8, 4) is 0 Å². The summed E-state index contributed by atoms with van der Waals surface area (Å²) in [4.78, 5) is 34.0. The van der Waals surface area contributed by atoms with Gasteiger partial charge in [0.1, 0.15) is 0 Å². The lowest BCUT2D eigenvalue weighted by Gasteiger charge is -2.34. The van der Waals surface area contributed by atoms with Gasteiger partial charge in [0.05, 0.1) is 12.2 Å². The first kappa shape index (κ1) is 18.8. The van der Waals surface area contributed by atoms with Crippen molar-refractivity contribution in [2.75, 3.05) is 38.0 Å². The van der Waals surface area contributed by atoms with E-state index in [-0.39, 0.29) is 11.8 Å². The molecular formula is C18H21ClN4O2S. The van der Waals surface area contributed by atoms with Crippen LogP contribution in [0.15, 0.2) is 24.3 Å². The number of benzene rings is 1. The minimum absolute atomic E-state index is 0.000459. The van der Waals surface area contributed by atoms with E-state index in [1.165, 1.54) is 11.3 Å². The number of thiazole rings is 1. The van der Waals surface area contributed by atoms with Gasteiger partial charge in [0.2, 0.25) is 5.91 Å². The third kappa shape index (κ3) is 4.60. The van der Waals surface area contributed by atoms with E-state index in [0.29, 0.717) is 48.4 Å². The summed E-state index contributed by atoms with van der Waals surface area (Å²) in [6.07, 6.45) is 0. The van der Waals surface area contributed by atoms with Gasteiger partial charge in [-0.1, -0.05) is 11.6 Å². The zero-order valence-corrected chi connectivity index (χ0v) is 16.4. The van der Waals surface area contributed by atoms with Gasteiger partial charge < -0.3 is 10.2 Å². The van der Waals surface area contributed by atoms with Gasteiger partial charge in [-0.3, -0.25) is 14.5 Å². The van der Waals surface area contributed by atoms with E-state index in [9.17, 15) is 9.59 Å². The summed E-state index contributed by atoms with van der Waals surface area (Å²) in [7, 11) is 0. The lowest BCUT2D eigenvalue weighted by Crippen LogP contribution is -2.50. The molecule has 1 aliphatic rings. The highest BCUT2D eigenvalue weighted by Crippen LogP contribution is 2.21. The Bertz CT molecular complexity index is 779. The fraction of sp³-hybridized carbons (Fsp3) is 0.389. The summed E-state index contributed by atoms with van der Waals surface area (Å²) in [5, 5.41) is 4.10. The number of aryl methyl sites for hydroxylation is 2. The largest absolute Gasteiger partial charge is 0.336 e. The van der Waals surface area contributed by atoms with Gasteiger partial charge in [0.15, 0.2) is 5.13 Å². The molecule has 0 radical (unpaired) electrons. The summed E-state index contributed by atoms with van der Waals surface area (Å²) in [6.45, 7) is 6.76. The van der Waals surface area contributed by atoms with Crippen LogP contribution < -0.4 is 5.32 Å². The second kappa shape index (κ2) is 8.16. The maximum atomic E-state index is 12.5. The molecule has 1 aromatic heterocycles. The standard InChI is InChI=1S/C18H21ClN4O2S/c1-12-13(2)26-18(20-12)21-16(24)11-22-7-9-23(10-8-22)17(25)14-3-5-15(19)6-4-14/h3-6H,7-11H2,1-2H3,(H,20,21,24). The topological polar surface area (TPSA) is 65.5 Å². The lowest BCUT2D eigenvalue weighted by molar-refractivity contribution is -0.117. The molecular weight excluding hydrogens is 372 g/mol. The number of anilines is 1. The van der Waals surface area contributed by atoms with Gasteiger partial charge >= 0.3 is 0 Å². The fourth-order valence-corrected chi connectivity index (χ4v) is 3.73. The number of hydrogen-bond acceptors (Lipinski definition) is 5. The molecule has 0 bridgehead atoms. The summed E-state index contributed by atoms with van der Waals surface area (Å²) >= 11 is 7.35. The Labute approximate surface area is 161 Å². The molecule has 1 aliphatic heterocycles. The van der Waals surface area contributed by atoms with Crippen LogP contribution in [-0.2, 0) is 4.79 Å². The molecule has 0 unspecified atom stereocenters. The summed E-state index contributed by atoms with van der Waals surface area (Å²) in [5.74, 6) is -0.0734. The Kier molecular flexibility index (Phi) is 5.90. The van der Waals surface area contributed by atoms with Crippen LogP contribution >= 0.6 is 22.9 Å². The van der Waals surface area contributed by atoms with Crippen LogP contribution in [0, 0.1) is 13.8 Å². The molecule has 2 heterocycles. The molecule has 0 atom stereocenters. The predicted octanol–water partition coefficient (Wildman–Crippen LogP) is 2.81. The average molecular weight is 393 g/mol. The quantitative estimate of drug-likeness (QED) is 0.868. The monoisotopic (exact) mass is 392 g/mol. The van der Waals surface area contributed by atoms with Crippen LogP contribution in [0.1, 0.15) is 20.9 Å². The lowest BCUT2D eigenvalue weighted by atomic mass is 10.2. The highest BCUT2D eigenvalue weighted by molar-refractivity contribution is 7.15.